The quantitative estimate of drug-likeness (QED) is 0.243. The number of aromatic nitrogens is 4. The normalized spacial score (nSPS) is 21.3. The summed E-state index contributed by atoms with van der Waals surface area (Å²) in [6.45, 7) is 0.362. The van der Waals surface area contributed by atoms with Gasteiger partial charge in [0.2, 0.25) is 5.91 Å². The van der Waals surface area contributed by atoms with Crippen LogP contribution in [0.5, 0.6) is 0 Å². The molecule has 0 atom stereocenters. The average Bonchev–Trinajstić information content (AvgIpc) is 3.68. The lowest BCUT2D eigenvalue weighted by molar-refractivity contribution is -0.137. The highest BCUT2D eigenvalue weighted by molar-refractivity contribution is 6.04. The number of nitrogens with one attached hydrogen (secondary N) is 2. The van der Waals surface area contributed by atoms with Crippen molar-refractivity contribution in [2.24, 2.45) is 0 Å². The second kappa shape index (κ2) is 11.1. The van der Waals surface area contributed by atoms with Gasteiger partial charge >= 0.3 is 6.18 Å². The molecule has 10 nitrogen and oxygen atoms in total. The molecule has 13 heteroatoms. The topological polar surface area (TPSA) is 137 Å². The molecular formula is C31H30F3N7O3. The molecule has 2 aliphatic carbocycles. The molecule has 0 aliphatic heterocycles. The third-order valence-electron chi connectivity index (χ3n) is 8.57. The second-order valence-corrected chi connectivity index (χ2v) is 11.4. The first-order chi connectivity index (χ1) is 21.0. The van der Waals surface area contributed by atoms with Crippen molar-refractivity contribution < 1.29 is 27.5 Å². The fraction of sp³-hybridized carbons (Fsp3) is 0.323. The van der Waals surface area contributed by atoms with Gasteiger partial charge in [-0.15, -0.1) is 0 Å². The first-order valence-corrected chi connectivity index (χ1v) is 14.1. The summed E-state index contributed by atoms with van der Waals surface area (Å²) in [5.41, 5.74) is 7.03. The Morgan fingerprint density at radius 3 is 2.55 bits per heavy atom. The highest BCUT2D eigenvalue weighted by Crippen LogP contribution is 2.57. The molecule has 3 heterocycles. The fourth-order valence-corrected chi connectivity index (χ4v) is 6.52. The summed E-state index contributed by atoms with van der Waals surface area (Å²) < 4.78 is 46.1. The molecule has 2 saturated carbocycles. The van der Waals surface area contributed by atoms with E-state index in [2.05, 4.69) is 20.6 Å². The summed E-state index contributed by atoms with van der Waals surface area (Å²) in [4.78, 5) is 38.6. The van der Waals surface area contributed by atoms with E-state index in [0.29, 0.717) is 29.2 Å². The van der Waals surface area contributed by atoms with Gasteiger partial charge in [-0.2, -0.15) is 13.2 Å². The number of halogens is 3. The van der Waals surface area contributed by atoms with E-state index in [1.807, 2.05) is 10.6 Å². The second-order valence-electron chi connectivity index (χ2n) is 11.4. The molecule has 4 aromatic rings. The Balaban J connectivity index is 1.26. The lowest BCUT2D eigenvalue weighted by Crippen LogP contribution is -2.44. The third-order valence-corrected chi connectivity index (χ3v) is 8.57. The maximum atomic E-state index is 13.1. The number of carbonyl (C=O) groups is 2. The first kappa shape index (κ1) is 29.3. The molecule has 0 spiro atoms. The van der Waals surface area contributed by atoms with Gasteiger partial charge in [0.25, 0.3) is 5.91 Å². The van der Waals surface area contributed by atoms with E-state index in [1.54, 1.807) is 43.6 Å². The van der Waals surface area contributed by atoms with Crippen LogP contribution in [0.25, 0.3) is 16.8 Å². The summed E-state index contributed by atoms with van der Waals surface area (Å²) in [6, 6.07) is 8.18. The van der Waals surface area contributed by atoms with Crippen LogP contribution in [-0.4, -0.2) is 50.4 Å². The molecule has 2 aliphatic rings. The van der Waals surface area contributed by atoms with Crippen LogP contribution in [0.15, 0.2) is 67.1 Å². The van der Waals surface area contributed by atoms with E-state index in [1.165, 1.54) is 6.08 Å². The number of nitrogen functional groups attached to an aromatic ring is 1. The molecule has 0 radical (unpaired) electrons. The Bertz CT molecular complexity index is 1760. The average molecular weight is 606 g/mol. The lowest BCUT2D eigenvalue weighted by atomic mass is 9.83. The number of benzene rings is 1. The van der Waals surface area contributed by atoms with Crippen LogP contribution in [0.2, 0.25) is 0 Å². The zero-order chi connectivity index (χ0) is 31.1. The maximum Gasteiger partial charge on any atom is 0.416 e. The van der Waals surface area contributed by atoms with E-state index in [9.17, 15) is 22.8 Å². The number of pyridine rings is 1. The number of hydrogen-bond donors (Lipinski definition) is 3. The number of alkyl halides is 3. The molecule has 2 bridgehead atoms. The molecule has 6 rings (SSSR count). The minimum Gasteiger partial charge on any atom is -0.382 e. The zero-order valence-electron chi connectivity index (χ0n) is 23.8. The number of nitrogens with zero attached hydrogens (tertiary/aromatic N) is 4. The lowest BCUT2D eigenvalue weighted by Gasteiger charge is -2.27. The van der Waals surface area contributed by atoms with E-state index >= 15 is 0 Å². The van der Waals surface area contributed by atoms with E-state index in [4.69, 9.17) is 15.5 Å². The van der Waals surface area contributed by atoms with Crippen molar-refractivity contribution in [2.75, 3.05) is 24.8 Å². The SMILES string of the molecule is COC/C=C/C(=O)NC12CCC(c3nc(-c4ccc(C(=O)Nc5cc(C(F)(F)F)ccn5)cc4)c4c(N)nccn34)(CC1)C2. The van der Waals surface area contributed by atoms with Gasteiger partial charge < -0.3 is 21.1 Å². The zero-order valence-corrected chi connectivity index (χ0v) is 23.8. The van der Waals surface area contributed by atoms with Crippen molar-refractivity contribution in [1.29, 1.82) is 0 Å². The molecule has 0 unspecified atom stereocenters. The number of ether oxygens (including phenoxy) is 1. The predicted molar refractivity (Wildman–Crippen MR) is 157 cm³/mol. The van der Waals surface area contributed by atoms with E-state index in [-0.39, 0.29) is 28.2 Å². The number of anilines is 2. The summed E-state index contributed by atoms with van der Waals surface area (Å²) in [5, 5.41) is 5.64. The smallest absolute Gasteiger partial charge is 0.382 e. The first-order valence-electron chi connectivity index (χ1n) is 14.1. The Kier molecular flexibility index (Phi) is 7.36. The van der Waals surface area contributed by atoms with Crippen molar-refractivity contribution in [3.8, 4) is 11.3 Å². The van der Waals surface area contributed by atoms with Gasteiger partial charge in [-0.05, 0) is 56.4 Å². The number of nitrogens with two attached hydrogens (primary N) is 1. The number of methoxy groups -OCH3 is 1. The Hall–Kier alpha value is -4.78. The van der Waals surface area contributed by atoms with Crippen molar-refractivity contribution in [3.63, 3.8) is 0 Å². The van der Waals surface area contributed by atoms with Crippen LogP contribution in [0, 0.1) is 0 Å². The number of amides is 2. The van der Waals surface area contributed by atoms with E-state index in [0.717, 1.165) is 56.3 Å². The Morgan fingerprint density at radius 2 is 1.84 bits per heavy atom. The van der Waals surface area contributed by atoms with Gasteiger partial charge in [-0.1, -0.05) is 18.2 Å². The van der Waals surface area contributed by atoms with Gasteiger partial charge in [0.05, 0.1) is 12.2 Å². The molecule has 0 saturated heterocycles. The fourth-order valence-electron chi connectivity index (χ4n) is 6.52. The molecule has 44 heavy (non-hydrogen) atoms. The predicted octanol–water partition coefficient (Wildman–Crippen LogP) is 4.92. The van der Waals surface area contributed by atoms with Gasteiger partial charge in [0.15, 0.2) is 0 Å². The van der Waals surface area contributed by atoms with Crippen LogP contribution in [0.4, 0.5) is 24.8 Å². The van der Waals surface area contributed by atoms with Gasteiger partial charge in [0.1, 0.15) is 28.7 Å². The van der Waals surface area contributed by atoms with Crippen molar-refractivity contribution in [3.05, 3.63) is 84.1 Å². The summed E-state index contributed by atoms with van der Waals surface area (Å²) in [7, 11) is 1.57. The van der Waals surface area contributed by atoms with Crippen LogP contribution in [-0.2, 0) is 21.1 Å². The van der Waals surface area contributed by atoms with Crippen molar-refractivity contribution in [2.45, 2.75) is 49.2 Å². The third kappa shape index (κ3) is 5.39. The number of imidazole rings is 1. The minimum absolute atomic E-state index is 0.144. The summed E-state index contributed by atoms with van der Waals surface area (Å²) >= 11 is 0. The number of fused-ring (bicyclic) bond motifs is 3. The van der Waals surface area contributed by atoms with Crippen molar-refractivity contribution >= 4 is 29.0 Å². The van der Waals surface area contributed by atoms with Crippen LogP contribution >= 0.6 is 0 Å². The summed E-state index contributed by atoms with van der Waals surface area (Å²) in [6.07, 6.45) is 7.18. The highest BCUT2D eigenvalue weighted by atomic mass is 19.4. The van der Waals surface area contributed by atoms with Gasteiger partial charge in [0, 0.05) is 53.9 Å². The maximum absolute atomic E-state index is 13.1. The molecule has 228 valence electrons. The number of rotatable bonds is 8. The van der Waals surface area contributed by atoms with Gasteiger partial charge in [-0.3, -0.25) is 14.0 Å². The number of hydrogen-bond acceptors (Lipinski definition) is 7. The summed E-state index contributed by atoms with van der Waals surface area (Å²) in [5.74, 6) is 0.190. The Labute approximate surface area is 250 Å². The monoisotopic (exact) mass is 605 g/mol. The minimum atomic E-state index is -4.56. The van der Waals surface area contributed by atoms with Crippen LogP contribution < -0.4 is 16.4 Å². The molecule has 2 fully saturated rings. The molecule has 4 N–H and O–H groups in total. The molecule has 2 amide bonds. The Morgan fingerprint density at radius 1 is 1.09 bits per heavy atom. The van der Waals surface area contributed by atoms with E-state index < -0.39 is 17.6 Å². The molecule has 1 aromatic carbocycles. The highest BCUT2D eigenvalue weighted by Gasteiger charge is 2.57. The largest absolute Gasteiger partial charge is 0.416 e. The van der Waals surface area contributed by atoms with Crippen LogP contribution in [0.3, 0.4) is 0 Å². The van der Waals surface area contributed by atoms with Gasteiger partial charge in [-0.25, -0.2) is 15.0 Å². The van der Waals surface area contributed by atoms with Crippen molar-refractivity contribution in [1.82, 2.24) is 24.7 Å². The molecular weight excluding hydrogens is 575 g/mol. The molecule has 3 aromatic heterocycles. The number of carbonyl (C=O) groups excluding carboxylic acids is 2. The standard InChI is InChI=1S/C31H30F3N7O3/c1-44-16-2-3-23(42)40-30-11-9-29(18-30,10-12-30)28-39-24(25-26(35)37-14-15-41(25)28)19-4-6-20(7-5-19)27(43)38-22-17-21(8-13-36-22)31(32,33)34/h2-8,13-15,17H,9-12,16,18H2,1H3,(H2,35,37)(H,40,42)(H,36,38,43)/b3-2+. The van der Waals surface area contributed by atoms with Crippen LogP contribution in [0.1, 0.15) is 53.8 Å².